The van der Waals surface area contributed by atoms with Crippen molar-refractivity contribution in [3.63, 3.8) is 0 Å². The molecular formula is C12H23N5O2. The van der Waals surface area contributed by atoms with Crippen LogP contribution in [0.5, 0.6) is 0 Å². The van der Waals surface area contributed by atoms with Crippen molar-refractivity contribution < 1.29 is 9.59 Å². The molecule has 0 radical (unpaired) electrons. The minimum absolute atomic E-state index is 0.00272. The molecule has 0 aromatic rings. The average Bonchev–Trinajstić information content (AvgIpc) is 2.41. The Morgan fingerprint density at radius 2 is 2.26 bits per heavy atom. The molecule has 2 rings (SSSR count). The van der Waals surface area contributed by atoms with E-state index in [9.17, 15) is 9.59 Å². The molecule has 0 bridgehead atoms. The van der Waals surface area contributed by atoms with Crippen LogP contribution in [-0.4, -0.2) is 43.7 Å². The Kier molecular flexibility index (Phi) is 5.12. The van der Waals surface area contributed by atoms with Gasteiger partial charge in [0.1, 0.15) is 0 Å². The molecule has 0 aromatic heterocycles. The first-order chi connectivity index (χ1) is 9.18. The van der Waals surface area contributed by atoms with Gasteiger partial charge in [-0.2, -0.15) is 0 Å². The number of carbonyl (C=O) groups excluding carboxylic acids is 2. The molecule has 0 saturated carbocycles. The van der Waals surface area contributed by atoms with Crippen molar-refractivity contribution in [3.8, 4) is 0 Å². The normalized spacial score (nSPS) is 30.4. The highest BCUT2D eigenvalue weighted by atomic mass is 16.2. The number of hydrogen-bond acceptors (Lipinski definition) is 5. The van der Waals surface area contributed by atoms with Crippen LogP contribution in [0.1, 0.15) is 26.2 Å². The number of nitrogens with one attached hydrogen (secondary N) is 5. The summed E-state index contributed by atoms with van der Waals surface area (Å²) in [4.78, 5) is 22.5. The van der Waals surface area contributed by atoms with Gasteiger partial charge in [-0.3, -0.25) is 20.3 Å². The van der Waals surface area contributed by atoms with Gasteiger partial charge in [0.05, 0.1) is 12.1 Å². The van der Waals surface area contributed by atoms with Gasteiger partial charge in [0.2, 0.25) is 11.8 Å². The monoisotopic (exact) mass is 269 g/mol. The predicted octanol–water partition coefficient (Wildman–Crippen LogP) is -1.57. The van der Waals surface area contributed by atoms with Crippen molar-refractivity contribution in [3.05, 3.63) is 0 Å². The Balaban J connectivity index is 1.73. The SMILES string of the molecule is CC(=O)NCCCNC1NNC(=O)C2CCCNC12. The smallest absolute Gasteiger partial charge is 0.238 e. The van der Waals surface area contributed by atoms with Gasteiger partial charge in [0.25, 0.3) is 0 Å². The van der Waals surface area contributed by atoms with E-state index >= 15 is 0 Å². The Hall–Kier alpha value is -1.18. The summed E-state index contributed by atoms with van der Waals surface area (Å²) in [6.07, 6.45) is 2.89. The highest BCUT2D eigenvalue weighted by molar-refractivity contribution is 5.80. The molecule has 2 fully saturated rings. The van der Waals surface area contributed by atoms with Crippen LogP contribution in [-0.2, 0) is 9.59 Å². The lowest BCUT2D eigenvalue weighted by Gasteiger charge is -2.42. The van der Waals surface area contributed by atoms with Crippen molar-refractivity contribution in [1.29, 1.82) is 0 Å². The van der Waals surface area contributed by atoms with Crippen LogP contribution in [0.25, 0.3) is 0 Å². The van der Waals surface area contributed by atoms with E-state index in [1.807, 2.05) is 0 Å². The van der Waals surface area contributed by atoms with Gasteiger partial charge in [0, 0.05) is 19.5 Å². The first kappa shape index (κ1) is 14.2. The summed E-state index contributed by atoms with van der Waals surface area (Å²) >= 11 is 0. The van der Waals surface area contributed by atoms with Crippen molar-refractivity contribution >= 4 is 11.8 Å². The van der Waals surface area contributed by atoms with E-state index in [1.54, 1.807) is 0 Å². The summed E-state index contributed by atoms with van der Waals surface area (Å²) in [7, 11) is 0. The number of hydrogen-bond donors (Lipinski definition) is 5. The Morgan fingerprint density at radius 1 is 1.42 bits per heavy atom. The lowest BCUT2D eigenvalue weighted by Crippen LogP contribution is -2.71. The summed E-state index contributed by atoms with van der Waals surface area (Å²) in [6, 6.07) is 0.142. The fourth-order valence-corrected chi connectivity index (χ4v) is 2.68. The van der Waals surface area contributed by atoms with Crippen molar-refractivity contribution in [2.45, 2.75) is 38.4 Å². The van der Waals surface area contributed by atoms with Crippen LogP contribution in [0.4, 0.5) is 0 Å². The molecular weight excluding hydrogens is 246 g/mol. The van der Waals surface area contributed by atoms with Gasteiger partial charge < -0.3 is 10.6 Å². The topological polar surface area (TPSA) is 94.3 Å². The molecule has 19 heavy (non-hydrogen) atoms. The van der Waals surface area contributed by atoms with Crippen molar-refractivity contribution in [2.75, 3.05) is 19.6 Å². The number of fused-ring (bicyclic) bond motifs is 1. The molecule has 5 N–H and O–H groups in total. The summed E-state index contributed by atoms with van der Waals surface area (Å²) in [6.45, 7) is 3.93. The number of rotatable bonds is 5. The molecule has 3 atom stereocenters. The fraction of sp³-hybridized carbons (Fsp3) is 0.833. The van der Waals surface area contributed by atoms with Gasteiger partial charge in [-0.05, 0) is 32.4 Å². The summed E-state index contributed by atoms with van der Waals surface area (Å²) in [5, 5.41) is 9.54. The van der Waals surface area contributed by atoms with Crippen LogP contribution in [0.2, 0.25) is 0 Å². The average molecular weight is 269 g/mol. The molecule has 7 nitrogen and oxygen atoms in total. The van der Waals surface area contributed by atoms with Gasteiger partial charge in [-0.25, -0.2) is 5.43 Å². The first-order valence-corrected chi connectivity index (χ1v) is 6.95. The molecule has 3 unspecified atom stereocenters. The van der Waals surface area contributed by atoms with Gasteiger partial charge in [-0.15, -0.1) is 0 Å². The largest absolute Gasteiger partial charge is 0.356 e. The van der Waals surface area contributed by atoms with E-state index in [4.69, 9.17) is 0 Å². The number of carbonyl (C=O) groups is 2. The quantitative estimate of drug-likeness (QED) is 0.389. The second-order valence-electron chi connectivity index (χ2n) is 5.13. The third kappa shape index (κ3) is 3.89. The Bertz CT molecular complexity index is 336. The van der Waals surface area contributed by atoms with E-state index in [0.29, 0.717) is 6.54 Å². The van der Waals surface area contributed by atoms with Crippen molar-refractivity contribution in [1.82, 2.24) is 26.8 Å². The maximum Gasteiger partial charge on any atom is 0.238 e. The lowest BCUT2D eigenvalue weighted by molar-refractivity contribution is -0.131. The lowest BCUT2D eigenvalue weighted by atomic mass is 9.87. The Labute approximate surface area is 113 Å². The zero-order valence-electron chi connectivity index (χ0n) is 11.3. The standard InChI is InChI=1S/C12H23N5O2/c1-8(18)13-6-3-7-15-11-10-9(4-2-5-14-10)12(19)17-16-11/h9-11,14-16H,2-7H2,1H3,(H,13,18)(H,17,19). The molecule has 2 aliphatic heterocycles. The highest BCUT2D eigenvalue weighted by Gasteiger charge is 2.39. The predicted molar refractivity (Wildman–Crippen MR) is 70.9 cm³/mol. The van der Waals surface area contributed by atoms with E-state index < -0.39 is 0 Å². The number of piperidine rings is 1. The fourth-order valence-electron chi connectivity index (χ4n) is 2.68. The molecule has 108 valence electrons. The van der Waals surface area contributed by atoms with E-state index in [-0.39, 0.29) is 29.9 Å². The second kappa shape index (κ2) is 6.83. The van der Waals surface area contributed by atoms with E-state index in [2.05, 4.69) is 26.8 Å². The summed E-state index contributed by atoms with van der Waals surface area (Å²) < 4.78 is 0. The number of hydrazine groups is 1. The van der Waals surface area contributed by atoms with E-state index in [0.717, 1.165) is 32.4 Å². The zero-order valence-corrected chi connectivity index (χ0v) is 11.3. The molecule has 2 saturated heterocycles. The third-order valence-electron chi connectivity index (χ3n) is 3.64. The summed E-state index contributed by atoms with van der Waals surface area (Å²) in [5.74, 6) is 0.119. The highest BCUT2D eigenvalue weighted by Crippen LogP contribution is 2.20. The zero-order chi connectivity index (χ0) is 13.7. The van der Waals surface area contributed by atoms with Gasteiger partial charge in [0.15, 0.2) is 0 Å². The van der Waals surface area contributed by atoms with Gasteiger partial charge >= 0.3 is 0 Å². The van der Waals surface area contributed by atoms with Crippen LogP contribution >= 0.6 is 0 Å². The van der Waals surface area contributed by atoms with Crippen LogP contribution in [0, 0.1) is 5.92 Å². The van der Waals surface area contributed by atoms with Gasteiger partial charge in [-0.1, -0.05) is 0 Å². The first-order valence-electron chi connectivity index (χ1n) is 6.95. The molecule has 2 heterocycles. The second-order valence-corrected chi connectivity index (χ2v) is 5.13. The molecule has 2 aliphatic rings. The maximum absolute atomic E-state index is 11.7. The molecule has 7 heteroatoms. The summed E-state index contributed by atoms with van der Waals surface area (Å²) in [5.41, 5.74) is 5.74. The minimum atomic E-state index is -0.00272. The van der Waals surface area contributed by atoms with Crippen LogP contribution < -0.4 is 26.8 Å². The maximum atomic E-state index is 11.7. The molecule has 2 amide bonds. The molecule has 0 aromatic carbocycles. The van der Waals surface area contributed by atoms with Crippen LogP contribution in [0.3, 0.4) is 0 Å². The Morgan fingerprint density at radius 3 is 3.05 bits per heavy atom. The van der Waals surface area contributed by atoms with Crippen LogP contribution in [0.15, 0.2) is 0 Å². The number of amides is 2. The van der Waals surface area contributed by atoms with E-state index in [1.165, 1.54) is 6.92 Å². The minimum Gasteiger partial charge on any atom is -0.356 e. The third-order valence-corrected chi connectivity index (χ3v) is 3.64. The van der Waals surface area contributed by atoms with Crippen molar-refractivity contribution in [2.24, 2.45) is 5.92 Å². The molecule has 0 aliphatic carbocycles. The molecule has 0 spiro atoms.